The van der Waals surface area contributed by atoms with Crippen LogP contribution in [0.25, 0.3) is 10.9 Å². The number of carbonyl (C=O) groups excluding carboxylic acids is 2. The molecule has 0 atom stereocenters. The molecule has 1 saturated heterocycles. The molecule has 1 fully saturated rings. The average Bonchev–Trinajstić information content (AvgIpc) is 3.01. The van der Waals surface area contributed by atoms with E-state index in [1.165, 1.54) is 29.3 Å². The lowest BCUT2D eigenvalue weighted by Crippen LogP contribution is -2.39. The first-order valence-electron chi connectivity index (χ1n) is 9.25. The molecular weight excluding hydrogens is 464 g/mol. The van der Waals surface area contributed by atoms with Crippen molar-refractivity contribution in [2.24, 2.45) is 7.05 Å². The molecule has 0 radical (unpaired) electrons. The van der Waals surface area contributed by atoms with E-state index in [1.807, 2.05) is 0 Å². The van der Waals surface area contributed by atoms with Crippen LogP contribution in [0.2, 0.25) is 5.02 Å². The van der Waals surface area contributed by atoms with Crippen molar-refractivity contribution < 1.29 is 18.0 Å². The number of aryl methyl sites for hydroxylation is 1. The first-order valence-corrected chi connectivity index (χ1v) is 11.9. The summed E-state index contributed by atoms with van der Waals surface area (Å²) in [6, 6.07) is 5.53. The Morgan fingerprint density at radius 2 is 1.90 bits per heavy atom. The monoisotopic (exact) mass is 480 g/mol. The molecular formula is C19H17ClN4O5S2. The van der Waals surface area contributed by atoms with Gasteiger partial charge in [0, 0.05) is 39.2 Å². The summed E-state index contributed by atoms with van der Waals surface area (Å²) in [5, 5.41) is 0.430. The van der Waals surface area contributed by atoms with Crippen LogP contribution in [0, 0.1) is 0 Å². The standard InChI is InChI=1S/C19H17ClN4O5S2/c1-23-16-3-2-13(9-14(16)19(27)30-23)31(28,29)22-15-8-11(20)10-21-17(15)18(26)24-6-4-12(25)5-7-24/h2-3,8-10,22H,4-7H2,1H3. The SMILES string of the molecule is Cn1sc(=O)c2cc(S(=O)(=O)Nc3cc(Cl)cnc3C(=O)N3CCC(=O)CC3)ccc21. The number of carbonyl (C=O) groups is 2. The molecule has 1 aliphatic heterocycles. The van der Waals surface area contributed by atoms with Crippen LogP contribution in [0.4, 0.5) is 5.69 Å². The van der Waals surface area contributed by atoms with Crippen LogP contribution < -0.4 is 9.46 Å². The number of Topliss-reactive ketones (excluding diaryl/α,β-unsaturated/α-hetero) is 1. The number of fused-ring (bicyclic) bond motifs is 1. The van der Waals surface area contributed by atoms with Gasteiger partial charge in [-0.2, -0.15) is 0 Å². The van der Waals surface area contributed by atoms with Crippen LogP contribution in [0.1, 0.15) is 23.3 Å². The summed E-state index contributed by atoms with van der Waals surface area (Å²) >= 11 is 6.97. The van der Waals surface area contributed by atoms with Crippen LogP contribution >= 0.6 is 23.1 Å². The number of amides is 1. The molecule has 2 aromatic heterocycles. The Balaban J connectivity index is 1.69. The lowest BCUT2D eigenvalue weighted by Gasteiger charge is -2.26. The Morgan fingerprint density at radius 3 is 2.61 bits per heavy atom. The molecule has 9 nitrogen and oxygen atoms in total. The van der Waals surface area contributed by atoms with Gasteiger partial charge in [-0.05, 0) is 35.8 Å². The van der Waals surface area contributed by atoms with Crippen molar-refractivity contribution >= 4 is 61.4 Å². The third-order valence-electron chi connectivity index (χ3n) is 4.97. The zero-order valence-corrected chi connectivity index (χ0v) is 18.7. The number of pyridine rings is 1. The van der Waals surface area contributed by atoms with E-state index < -0.39 is 15.9 Å². The number of likely N-dealkylation sites (tertiary alicyclic amines) is 1. The number of hydrogen-bond donors (Lipinski definition) is 1. The molecule has 3 aromatic rings. The Hall–Kier alpha value is -2.76. The number of nitrogens with one attached hydrogen (secondary N) is 1. The Labute approximate surface area is 186 Å². The number of hydrogen-bond acceptors (Lipinski definition) is 7. The summed E-state index contributed by atoms with van der Waals surface area (Å²) in [6.07, 6.45) is 1.74. The van der Waals surface area contributed by atoms with Gasteiger partial charge in [0.05, 0.1) is 26.5 Å². The molecule has 4 rings (SSSR count). The van der Waals surface area contributed by atoms with Crippen LogP contribution in [-0.2, 0) is 21.9 Å². The van der Waals surface area contributed by atoms with E-state index >= 15 is 0 Å². The second kappa shape index (κ2) is 8.06. The van der Waals surface area contributed by atoms with Crippen molar-refractivity contribution in [3.05, 3.63) is 50.7 Å². The lowest BCUT2D eigenvalue weighted by atomic mass is 10.1. The second-order valence-electron chi connectivity index (χ2n) is 7.04. The highest BCUT2D eigenvalue weighted by Crippen LogP contribution is 2.26. The fourth-order valence-corrected chi connectivity index (χ4v) is 5.35. The predicted molar refractivity (Wildman–Crippen MR) is 117 cm³/mol. The maximum atomic E-state index is 13.0. The number of ketones is 1. The summed E-state index contributed by atoms with van der Waals surface area (Å²) < 4.78 is 29.8. The highest BCUT2D eigenvalue weighted by molar-refractivity contribution is 7.92. The molecule has 0 aliphatic carbocycles. The topological polar surface area (TPSA) is 118 Å². The Kier molecular flexibility index (Phi) is 5.58. The molecule has 12 heteroatoms. The smallest absolute Gasteiger partial charge is 0.274 e. The van der Waals surface area contributed by atoms with Gasteiger partial charge in [0.1, 0.15) is 5.78 Å². The van der Waals surface area contributed by atoms with E-state index in [0.29, 0.717) is 5.52 Å². The average molecular weight is 481 g/mol. The molecule has 1 aromatic carbocycles. The second-order valence-corrected chi connectivity index (χ2v) is 10.3. The van der Waals surface area contributed by atoms with Crippen LogP contribution in [0.15, 0.2) is 40.2 Å². The minimum absolute atomic E-state index is 0.0732. The van der Waals surface area contributed by atoms with Crippen LogP contribution in [0.5, 0.6) is 0 Å². The number of anilines is 1. The number of piperidine rings is 1. The molecule has 3 heterocycles. The third-order valence-corrected chi connectivity index (χ3v) is 7.39. The van der Waals surface area contributed by atoms with Gasteiger partial charge in [0.25, 0.3) is 20.7 Å². The molecule has 0 saturated carbocycles. The van der Waals surface area contributed by atoms with Crippen LogP contribution in [0.3, 0.4) is 0 Å². The van der Waals surface area contributed by atoms with Crippen molar-refractivity contribution in [1.82, 2.24) is 13.8 Å². The number of sulfonamides is 1. The lowest BCUT2D eigenvalue weighted by molar-refractivity contribution is -0.120. The Morgan fingerprint density at radius 1 is 1.19 bits per heavy atom. The molecule has 1 aliphatic rings. The van der Waals surface area contributed by atoms with Crippen molar-refractivity contribution in [2.75, 3.05) is 17.8 Å². The molecule has 1 amide bonds. The van der Waals surface area contributed by atoms with Crippen LogP contribution in [-0.4, -0.2) is 47.0 Å². The highest BCUT2D eigenvalue weighted by Gasteiger charge is 2.27. The van der Waals surface area contributed by atoms with Crippen molar-refractivity contribution in [3.63, 3.8) is 0 Å². The van der Waals surface area contributed by atoms with E-state index in [2.05, 4.69) is 9.71 Å². The van der Waals surface area contributed by atoms with Gasteiger partial charge in [-0.3, -0.25) is 23.1 Å². The maximum Gasteiger partial charge on any atom is 0.274 e. The largest absolute Gasteiger partial charge is 0.336 e. The van der Waals surface area contributed by atoms with Gasteiger partial charge in [-0.15, -0.1) is 0 Å². The zero-order valence-electron chi connectivity index (χ0n) is 16.3. The normalized spacial score (nSPS) is 14.8. The van der Waals surface area contributed by atoms with Gasteiger partial charge < -0.3 is 4.90 Å². The first kappa shape index (κ1) is 21.5. The van der Waals surface area contributed by atoms with E-state index in [-0.39, 0.29) is 63.1 Å². The van der Waals surface area contributed by atoms with Gasteiger partial charge in [0.2, 0.25) is 0 Å². The molecule has 162 valence electrons. The van der Waals surface area contributed by atoms with Crippen molar-refractivity contribution in [3.8, 4) is 0 Å². The molecule has 0 spiro atoms. The fraction of sp³-hybridized carbons (Fsp3) is 0.263. The van der Waals surface area contributed by atoms with Crippen molar-refractivity contribution in [1.29, 1.82) is 0 Å². The highest BCUT2D eigenvalue weighted by atomic mass is 35.5. The van der Waals surface area contributed by atoms with Gasteiger partial charge in [-0.1, -0.05) is 11.6 Å². The van der Waals surface area contributed by atoms with Gasteiger partial charge in [0.15, 0.2) is 5.69 Å². The minimum atomic E-state index is -4.14. The van der Waals surface area contributed by atoms with E-state index in [1.54, 1.807) is 17.1 Å². The summed E-state index contributed by atoms with van der Waals surface area (Å²) in [7, 11) is -2.43. The molecule has 1 N–H and O–H groups in total. The summed E-state index contributed by atoms with van der Waals surface area (Å²) in [5.41, 5.74) is 0.427. The number of aromatic nitrogens is 2. The summed E-state index contributed by atoms with van der Waals surface area (Å²) in [5.74, 6) is -0.423. The fourth-order valence-electron chi connectivity index (χ4n) is 3.34. The van der Waals surface area contributed by atoms with E-state index in [9.17, 15) is 22.8 Å². The zero-order chi connectivity index (χ0) is 22.3. The van der Waals surface area contributed by atoms with E-state index in [0.717, 1.165) is 11.5 Å². The first-order chi connectivity index (χ1) is 14.7. The summed E-state index contributed by atoms with van der Waals surface area (Å²) in [6.45, 7) is 0.485. The summed E-state index contributed by atoms with van der Waals surface area (Å²) in [4.78, 5) is 41.8. The number of rotatable bonds is 4. The van der Waals surface area contributed by atoms with Crippen molar-refractivity contribution in [2.45, 2.75) is 17.7 Å². The molecule has 31 heavy (non-hydrogen) atoms. The quantitative estimate of drug-likeness (QED) is 0.611. The molecule has 0 unspecified atom stereocenters. The van der Waals surface area contributed by atoms with Gasteiger partial charge in [-0.25, -0.2) is 13.4 Å². The van der Waals surface area contributed by atoms with E-state index in [4.69, 9.17) is 11.6 Å². The Bertz CT molecular complexity index is 1370. The third kappa shape index (κ3) is 4.21. The molecule has 0 bridgehead atoms. The maximum absolute atomic E-state index is 13.0. The number of halogens is 1. The minimum Gasteiger partial charge on any atom is -0.336 e. The predicted octanol–water partition coefficient (Wildman–Crippen LogP) is 2.25. The number of nitrogens with zero attached hydrogens (tertiary/aromatic N) is 3. The van der Waals surface area contributed by atoms with Gasteiger partial charge >= 0.3 is 0 Å². The number of benzene rings is 1.